The first kappa shape index (κ1) is 19.7. The number of hydrogen-bond donors (Lipinski definition) is 0. The van der Waals surface area contributed by atoms with Gasteiger partial charge in [-0.15, -0.1) is 0 Å². The fourth-order valence-corrected chi connectivity index (χ4v) is 2.96. The van der Waals surface area contributed by atoms with Crippen LogP contribution in [0.3, 0.4) is 0 Å². The Balaban J connectivity index is 3.43. The van der Waals surface area contributed by atoms with Crippen molar-refractivity contribution in [3.8, 4) is 0 Å². The summed E-state index contributed by atoms with van der Waals surface area (Å²) >= 11 is 0. The lowest BCUT2D eigenvalue weighted by molar-refractivity contribution is 0.441. The van der Waals surface area contributed by atoms with E-state index in [0.717, 1.165) is 5.92 Å². The molecule has 0 aliphatic carbocycles. The molecule has 0 aromatic rings. The van der Waals surface area contributed by atoms with Crippen molar-refractivity contribution in [3.63, 3.8) is 0 Å². The summed E-state index contributed by atoms with van der Waals surface area (Å²) in [5.74, 6) is 0.900. The molecule has 0 radical (unpaired) electrons. The van der Waals surface area contributed by atoms with E-state index < -0.39 is 0 Å². The van der Waals surface area contributed by atoms with E-state index in [-0.39, 0.29) is 0 Å². The standard InChI is InChI=1S/C20H40/c1-5-8-10-11-12-13-14-15-16-19(4)18-20(7-3)17-9-6-2/h20H,4-18H2,1-3H3. The maximum absolute atomic E-state index is 4.31. The molecule has 1 unspecified atom stereocenters. The first-order chi connectivity index (χ1) is 9.74. The summed E-state index contributed by atoms with van der Waals surface area (Å²) in [5.41, 5.74) is 1.51. The molecule has 0 spiro atoms. The summed E-state index contributed by atoms with van der Waals surface area (Å²) in [4.78, 5) is 0. The highest BCUT2D eigenvalue weighted by Gasteiger charge is 2.07. The number of rotatable bonds is 15. The molecule has 0 N–H and O–H groups in total. The molecule has 20 heavy (non-hydrogen) atoms. The van der Waals surface area contributed by atoms with Gasteiger partial charge in [0.25, 0.3) is 0 Å². The molecule has 0 rings (SSSR count). The molecule has 0 fully saturated rings. The average Bonchev–Trinajstić information content (AvgIpc) is 2.46. The lowest BCUT2D eigenvalue weighted by atomic mass is 9.90. The summed E-state index contributed by atoms with van der Waals surface area (Å²) in [6, 6.07) is 0. The van der Waals surface area contributed by atoms with E-state index >= 15 is 0 Å². The van der Waals surface area contributed by atoms with Gasteiger partial charge in [0.1, 0.15) is 0 Å². The minimum atomic E-state index is 0.900. The molecule has 0 amide bonds. The van der Waals surface area contributed by atoms with Crippen LogP contribution in [0, 0.1) is 5.92 Å². The second-order valence-electron chi connectivity index (χ2n) is 6.60. The smallest absolute Gasteiger partial charge is 0.0295 e. The van der Waals surface area contributed by atoms with Gasteiger partial charge in [-0.05, 0) is 25.2 Å². The van der Waals surface area contributed by atoms with Crippen molar-refractivity contribution in [1.29, 1.82) is 0 Å². The molecule has 0 aliphatic heterocycles. The number of allylic oxidation sites excluding steroid dienone is 1. The predicted octanol–water partition coefficient (Wildman–Crippen LogP) is 7.68. The van der Waals surface area contributed by atoms with Crippen LogP contribution in [0.2, 0.25) is 0 Å². The zero-order valence-corrected chi connectivity index (χ0v) is 14.7. The molecule has 0 aromatic carbocycles. The van der Waals surface area contributed by atoms with Crippen LogP contribution in [0.1, 0.15) is 111 Å². The predicted molar refractivity (Wildman–Crippen MR) is 94.3 cm³/mol. The molecule has 0 aromatic heterocycles. The van der Waals surface area contributed by atoms with Gasteiger partial charge in [0.2, 0.25) is 0 Å². The third kappa shape index (κ3) is 12.8. The van der Waals surface area contributed by atoms with Crippen molar-refractivity contribution >= 4 is 0 Å². The molecule has 120 valence electrons. The Morgan fingerprint density at radius 2 is 1.30 bits per heavy atom. The van der Waals surface area contributed by atoms with Gasteiger partial charge in [-0.3, -0.25) is 0 Å². The summed E-state index contributed by atoms with van der Waals surface area (Å²) < 4.78 is 0. The van der Waals surface area contributed by atoms with E-state index in [4.69, 9.17) is 0 Å². The van der Waals surface area contributed by atoms with Crippen molar-refractivity contribution < 1.29 is 0 Å². The Labute approximate surface area is 129 Å². The highest BCUT2D eigenvalue weighted by atomic mass is 14.1. The normalized spacial score (nSPS) is 12.6. The van der Waals surface area contributed by atoms with E-state index in [0.29, 0.717) is 0 Å². The molecule has 0 aliphatic rings. The lowest BCUT2D eigenvalue weighted by Crippen LogP contribution is -2.00. The van der Waals surface area contributed by atoms with Gasteiger partial charge in [0.15, 0.2) is 0 Å². The summed E-state index contributed by atoms with van der Waals surface area (Å²) in [6.45, 7) is 11.2. The van der Waals surface area contributed by atoms with Gasteiger partial charge >= 0.3 is 0 Å². The molecule has 1 atom stereocenters. The zero-order valence-electron chi connectivity index (χ0n) is 14.7. The molecule has 0 saturated carbocycles. The molecule has 0 saturated heterocycles. The Morgan fingerprint density at radius 1 is 0.750 bits per heavy atom. The minimum Gasteiger partial charge on any atom is -0.0999 e. The van der Waals surface area contributed by atoms with Crippen molar-refractivity contribution in [2.45, 2.75) is 111 Å². The van der Waals surface area contributed by atoms with Gasteiger partial charge in [-0.25, -0.2) is 0 Å². The van der Waals surface area contributed by atoms with Crippen molar-refractivity contribution in [2.75, 3.05) is 0 Å². The molecule has 0 bridgehead atoms. The van der Waals surface area contributed by atoms with Crippen LogP contribution in [-0.4, -0.2) is 0 Å². The summed E-state index contributed by atoms with van der Waals surface area (Å²) in [7, 11) is 0. The van der Waals surface area contributed by atoms with Crippen molar-refractivity contribution in [3.05, 3.63) is 12.2 Å². The molecule has 0 nitrogen and oxygen atoms in total. The molecular formula is C20H40. The fourth-order valence-electron chi connectivity index (χ4n) is 2.96. The van der Waals surface area contributed by atoms with Crippen LogP contribution < -0.4 is 0 Å². The summed E-state index contributed by atoms with van der Waals surface area (Å²) in [5, 5.41) is 0. The topological polar surface area (TPSA) is 0 Å². The van der Waals surface area contributed by atoms with Gasteiger partial charge in [0.05, 0.1) is 0 Å². The molecule has 0 heteroatoms. The van der Waals surface area contributed by atoms with Gasteiger partial charge in [0, 0.05) is 0 Å². The maximum atomic E-state index is 4.31. The SMILES string of the molecule is C=C(CCCCCCCCCC)CC(CC)CCCC. The number of hydrogen-bond acceptors (Lipinski definition) is 0. The van der Waals surface area contributed by atoms with Gasteiger partial charge < -0.3 is 0 Å². The Kier molecular flexibility index (Phi) is 14.9. The van der Waals surface area contributed by atoms with Crippen LogP contribution in [0.25, 0.3) is 0 Å². The van der Waals surface area contributed by atoms with E-state index in [2.05, 4.69) is 27.4 Å². The third-order valence-electron chi connectivity index (χ3n) is 4.50. The van der Waals surface area contributed by atoms with Crippen LogP contribution in [0.5, 0.6) is 0 Å². The van der Waals surface area contributed by atoms with Gasteiger partial charge in [-0.2, -0.15) is 0 Å². The van der Waals surface area contributed by atoms with Crippen molar-refractivity contribution in [2.24, 2.45) is 5.92 Å². The maximum Gasteiger partial charge on any atom is -0.0295 e. The van der Waals surface area contributed by atoms with Crippen molar-refractivity contribution in [1.82, 2.24) is 0 Å². The summed E-state index contributed by atoms with van der Waals surface area (Å²) in [6.07, 6.45) is 19.4. The van der Waals surface area contributed by atoms with Crippen LogP contribution in [-0.2, 0) is 0 Å². The van der Waals surface area contributed by atoms with E-state index in [1.807, 2.05) is 0 Å². The van der Waals surface area contributed by atoms with Crippen LogP contribution >= 0.6 is 0 Å². The first-order valence-electron chi connectivity index (χ1n) is 9.41. The minimum absolute atomic E-state index is 0.900. The highest BCUT2D eigenvalue weighted by molar-refractivity contribution is 4.95. The Morgan fingerprint density at radius 3 is 1.85 bits per heavy atom. The number of unbranched alkanes of at least 4 members (excludes halogenated alkanes) is 8. The quantitative estimate of drug-likeness (QED) is 0.213. The Bertz CT molecular complexity index is 204. The molecule has 0 heterocycles. The van der Waals surface area contributed by atoms with E-state index in [9.17, 15) is 0 Å². The highest BCUT2D eigenvalue weighted by Crippen LogP contribution is 2.23. The van der Waals surface area contributed by atoms with E-state index in [1.165, 1.54) is 95.5 Å². The first-order valence-corrected chi connectivity index (χ1v) is 9.41. The van der Waals surface area contributed by atoms with E-state index in [1.54, 1.807) is 0 Å². The second-order valence-corrected chi connectivity index (χ2v) is 6.60. The van der Waals surface area contributed by atoms with Crippen LogP contribution in [0.4, 0.5) is 0 Å². The fraction of sp³-hybridized carbons (Fsp3) is 0.900. The lowest BCUT2D eigenvalue weighted by Gasteiger charge is -2.16. The monoisotopic (exact) mass is 280 g/mol. The largest absolute Gasteiger partial charge is 0.0999 e. The second kappa shape index (κ2) is 15.1. The Hall–Kier alpha value is -0.260. The zero-order chi connectivity index (χ0) is 15.1. The van der Waals surface area contributed by atoms with Crippen LogP contribution in [0.15, 0.2) is 12.2 Å². The third-order valence-corrected chi connectivity index (χ3v) is 4.50. The average molecular weight is 281 g/mol. The van der Waals surface area contributed by atoms with Gasteiger partial charge in [-0.1, -0.05) is 104 Å². The molecular weight excluding hydrogens is 240 g/mol.